The molecule has 1 amide bonds. The number of benzene rings is 1. The molecular formula is C18H14F7N5O. The standard InChI is InChI=1S/C18H14F7N5O/c1-3-8-4-9(19)5-11(20)14(8)30-15(18(23,24)25)12(6-26-30)27-17(31)10-7-29(2)28-13(10)16(21)22/h4-7,16H,3H2,1-2H3,(H,27,31). The summed E-state index contributed by atoms with van der Waals surface area (Å²) < 4.78 is 96.5. The van der Waals surface area contributed by atoms with E-state index in [-0.39, 0.29) is 16.7 Å². The Morgan fingerprint density at radius 3 is 2.48 bits per heavy atom. The first-order chi connectivity index (χ1) is 14.4. The number of halogens is 7. The molecule has 0 atom stereocenters. The molecule has 0 fully saturated rings. The van der Waals surface area contributed by atoms with Gasteiger partial charge in [-0.2, -0.15) is 23.4 Å². The molecule has 0 bridgehead atoms. The van der Waals surface area contributed by atoms with Crippen molar-refractivity contribution in [2.75, 3.05) is 5.32 Å². The van der Waals surface area contributed by atoms with Crippen LogP contribution in [0.25, 0.3) is 5.69 Å². The molecule has 31 heavy (non-hydrogen) atoms. The number of nitrogens with one attached hydrogen (secondary N) is 1. The van der Waals surface area contributed by atoms with Crippen LogP contribution in [0.3, 0.4) is 0 Å². The third-order valence-electron chi connectivity index (χ3n) is 4.29. The second kappa shape index (κ2) is 8.04. The first-order valence-electron chi connectivity index (χ1n) is 8.70. The summed E-state index contributed by atoms with van der Waals surface area (Å²) in [6, 6.07) is 1.27. The Kier molecular flexibility index (Phi) is 5.79. The normalized spacial score (nSPS) is 11.9. The number of anilines is 1. The maximum Gasteiger partial charge on any atom is 0.435 e. The van der Waals surface area contributed by atoms with Crippen molar-refractivity contribution in [2.24, 2.45) is 7.05 Å². The lowest BCUT2D eigenvalue weighted by Crippen LogP contribution is -2.20. The van der Waals surface area contributed by atoms with Crippen molar-refractivity contribution in [2.45, 2.75) is 25.9 Å². The van der Waals surface area contributed by atoms with Crippen molar-refractivity contribution in [3.05, 3.63) is 58.7 Å². The Balaban J connectivity index is 2.12. The second-order valence-corrected chi connectivity index (χ2v) is 6.42. The molecule has 6 nitrogen and oxygen atoms in total. The fourth-order valence-corrected chi connectivity index (χ4v) is 3.04. The predicted octanol–water partition coefficient (Wildman–Crippen LogP) is 4.66. The fraction of sp³-hybridized carbons (Fsp3) is 0.278. The summed E-state index contributed by atoms with van der Waals surface area (Å²) >= 11 is 0. The molecule has 2 aromatic heterocycles. The van der Waals surface area contributed by atoms with Gasteiger partial charge in [0.1, 0.15) is 17.2 Å². The Morgan fingerprint density at radius 1 is 1.23 bits per heavy atom. The number of alkyl halides is 5. The molecule has 3 rings (SSSR count). The van der Waals surface area contributed by atoms with Crippen LogP contribution >= 0.6 is 0 Å². The van der Waals surface area contributed by atoms with E-state index in [0.29, 0.717) is 12.3 Å². The van der Waals surface area contributed by atoms with Gasteiger partial charge in [-0.25, -0.2) is 22.2 Å². The number of rotatable bonds is 5. The van der Waals surface area contributed by atoms with Crippen molar-refractivity contribution in [1.82, 2.24) is 19.6 Å². The third-order valence-corrected chi connectivity index (χ3v) is 4.29. The lowest BCUT2D eigenvalue weighted by molar-refractivity contribution is -0.142. The molecule has 166 valence electrons. The van der Waals surface area contributed by atoms with E-state index in [9.17, 15) is 35.5 Å². The van der Waals surface area contributed by atoms with E-state index in [1.165, 1.54) is 14.0 Å². The van der Waals surface area contributed by atoms with Crippen LogP contribution in [0.15, 0.2) is 24.5 Å². The van der Waals surface area contributed by atoms with Crippen LogP contribution < -0.4 is 5.32 Å². The van der Waals surface area contributed by atoms with Crippen molar-refractivity contribution >= 4 is 11.6 Å². The monoisotopic (exact) mass is 449 g/mol. The summed E-state index contributed by atoms with van der Waals surface area (Å²) in [5.74, 6) is -3.57. The minimum Gasteiger partial charge on any atom is -0.319 e. The quantitative estimate of drug-likeness (QED) is 0.577. The van der Waals surface area contributed by atoms with Crippen LogP contribution in [0, 0.1) is 11.6 Å². The second-order valence-electron chi connectivity index (χ2n) is 6.42. The number of hydrogen-bond acceptors (Lipinski definition) is 3. The molecule has 0 saturated carbocycles. The van der Waals surface area contributed by atoms with Gasteiger partial charge in [0, 0.05) is 19.3 Å². The molecule has 0 radical (unpaired) electrons. The zero-order chi connectivity index (χ0) is 23.1. The van der Waals surface area contributed by atoms with Crippen LogP contribution in [0.5, 0.6) is 0 Å². The van der Waals surface area contributed by atoms with E-state index < -0.39 is 58.5 Å². The highest BCUT2D eigenvalue weighted by Gasteiger charge is 2.40. The average Bonchev–Trinajstić information content (AvgIpc) is 3.24. The number of carbonyl (C=O) groups excluding carboxylic acids is 1. The number of hydrogen-bond donors (Lipinski definition) is 1. The van der Waals surface area contributed by atoms with E-state index in [4.69, 9.17) is 0 Å². The molecule has 1 N–H and O–H groups in total. The third kappa shape index (κ3) is 4.25. The average molecular weight is 449 g/mol. The maximum atomic E-state index is 14.4. The van der Waals surface area contributed by atoms with Gasteiger partial charge in [-0.05, 0) is 18.1 Å². The molecular weight excluding hydrogens is 435 g/mol. The highest BCUT2D eigenvalue weighted by Crippen LogP contribution is 2.38. The van der Waals surface area contributed by atoms with E-state index in [1.54, 1.807) is 0 Å². The summed E-state index contributed by atoms with van der Waals surface area (Å²) in [5, 5.41) is 8.80. The van der Waals surface area contributed by atoms with E-state index in [1.807, 2.05) is 5.32 Å². The predicted molar refractivity (Wildman–Crippen MR) is 94.0 cm³/mol. The largest absolute Gasteiger partial charge is 0.435 e. The zero-order valence-corrected chi connectivity index (χ0v) is 15.9. The number of carbonyl (C=O) groups is 1. The molecule has 2 heterocycles. The molecule has 13 heteroatoms. The first-order valence-corrected chi connectivity index (χ1v) is 8.70. The first kappa shape index (κ1) is 22.3. The Morgan fingerprint density at radius 2 is 1.90 bits per heavy atom. The minimum atomic E-state index is -5.13. The lowest BCUT2D eigenvalue weighted by Gasteiger charge is -2.16. The number of nitrogens with zero attached hydrogens (tertiary/aromatic N) is 4. The molecule has 0 saturated heterocycles. The van der Waals surface area contributed by atoms with E-state index in [0.717, 1.165) is 16.9 Å². The minimum absolute atomic E-state index is 0.0176. The van der Waals surface area contributed by atoms with Gasteiger partial charge in [0.15, 0.2) is 11.5 Å². The number of amides is 1. The van der Waals surface area contributed by atoms with Crippen LogP contribution in [0.4, 0.5) is 36.4 Å². The van der Waals surface area contributed by atoms with Crippen molar-refractivity contribution < 1.29 is 35.5 Å². The summed E-state index contributed by atoms with van der Waals surface area (Å²) in [5.41, 5.74) is -4.77. The van der Waals surface area contributed by atoms with Gasteiger partial charge in [-0.15, -0.1) is 0 Å². The van der Waals surface area contributed by atoms with Gasteiger partial charge in [0.05, 0.1) is 17.4 Å². The van der Waals surface area contributed by atoms with Crippen molar-refractivity contribution in [3.63, 3.8) is 0 Å². The van der Waals surface area contributed by atoms with Gasteiger partial charge in [-0.1, -0.05) is 6.92 Å². The van der Waals surface area contributed by atoms with Gasteiger partial charge in [-0.3, -0.25) is 9.48 Å². The van der Waals surface area contributed by atoms with Gasteiger partial charge in [0.25, 0.3) is 12.3 Å². The molecule has 0 aliphatic heterocycles. The van der Waals surface area contributed by atoms with E-state index in [2.05, 4.69) is 10.2 Å². The summed E-state index contributed by atoms with van der Waals surface area (Å²) in [7, 11) is 1.26. The van der Waals surface area contributed by atoms with Gasteiger partial charge in [0.2, 0.25) is 0 Å². The van der Waals surface area contributed by atoms with Crippen LogP contribution in [-0.4, -0.2) is 25.5 Å². The van der Waals surface area contributed by atoms with Gasteiger partial charge >= 0.3 is 6.18 Å². The topological polar surface area (TPSA) is 64.7 Å². The molecule has 0 spiro atoms. The maximum absolute atomic E-state index is 14.4. The molecule has 0 unspecified atom stereocenters. The Bertz CT molecular complexity index is 1130. The van der Waals surface area contributed by atoms with Crippen LogP contribution in [0.1, 0.15) is 40.7 Å². The zero-order valence-electron chi connectivity index (χ0n) is 15.9. The Hall–Kier alpha value is -3.38. The van der Waals surface area contributed by atoms with Crippen LogP contribution in [-0.2, 0) is 19.6 Å². The van der Waals surface area contributed by atoms with Crippen LogP contribution in [0.2, 0.25) is 0 Å². The fourth-order valence-electron chi connectivity index (χ4n) is 3.04. The molecule has 3 aromatic rings. The van der Waals surface area contributed by atoms with Crippen molar-refractivity contribution in [3.8, 4) is 5.69 Å². The lowest BCUT2D eigenvalue weighted by atomic mass is 10.1. The SMILES string of the molecule is CCc1cc(F)cc(F)c1-n1ncc(NC(=O)c2cn(C)nc2C(F)F)c1C(F)(F)F. The summed E-state index contributed by atoms with van der Waals surface area (Å²) in [4.78, 5) is 12.4. The molecule has 1 aromatic carbocycles. The van der Waals surface area contributed by atoms with Crippen molar-refractivity contribution in [1.29, 1.82) is 0 Å². The highest BCUT2D eigenvalue weighted by atomic mass is 19.4. The summed E-state index contributed by atoms with van der Waals surface area (Å²) in [6.07, 6.45) is -6.78. The molecule has 0 aliphatic carbocycles. The van der Waals surface area contributed by atoms with E-state index >= 15 is 0 Å². The smallest absolute Gasteiger partial charge is 0.319 e. The Labute approximate surface area is 170 Å². The number of aromatic nitrogens is 4. The molecule has 0 aliphatic rings. The summed E-state index contributed by atoms with van der Waals surface area (Å²) in [6.45, 7) is 1.48. The van der Waals surface area contributed by atoms with Gasteiger partial charge < -0.3 is 5.32 Å². The highest BCUT2D eigenvalue weighted by molar-refractivity contribution is 6.05. The number of aryl methyl sites for hydroxylation is 2.